The Morgan fingerprint density at radius 2 is 1.55 bits per heavy atom. The molecule has 2 N–H and O–H groups in total. The van der Waals surface area contributed by atoms with Gasteiger partial charge in [-0.05, 0) is 137 Å². The molecule has 16 heteroatoms. The van der Waals surface area contributed by atoms with Crippen LogP contribution in [0.3, 0.4) is 0 Å². The minimum Gasteiger partial charge on any atom is -0.465 e. The lowest BCUT2D eigenvalue weighted by Gasteiger charge is -2.28. The van der Waals surface area contributed by atoms with Crippen molar-refractivity contribution in [3.63, 3.8) is 0 Å². The zero-order valence-corrected chi connectivity index (χ0v) is 37.5. The van der Waals surface area contributed by atoms with Gasteiger partial charge >= 0.3 is 17.7 Å². The van der Waals surface area contributed by atoms with Crippen molar-refractivity contribution in [2.75, 3.05) is 126 Å². The number of morpholine rings is 1. The predicted molar refractivity (Wildman–Crippen MR) is 238 cm³/mol. The summed E-state index contributed by atoms with van der Waals surface area (Å²) in [4.78, 5) is 62.9. The number of imidazole rings is 1. The number of hydrogen-bond donors (Lipinski definition) is 2. The molecule has 1 aliphatic rings. The molecule has 0 unspecified atom stereocenters. The molecule has 336 valence electrons. The third kappa shape index (κ3) is 17.6. The maximum atomic E-state index is 13.5. The summed E-state index contributed by atoms with van der Waals surface area (Å²) in [5.41, 5.74) is 2.02. The second-order valence-electron chi connectivity index (χ2n) is 16.4. The number of methoxy groups -OCH3 is 1. The van der Waals surface area contributed by atoms with Gasteiger partial charge in [-0.1, -0.05) is 31.9 Å². The Bertz CT molecular complexity index is 1760. The molecule has 2 aromatic heterocycles. The summed E-state index contributed by atoms with van der Waals surface area (Å²) in [6, 6.07) is 7.68. The standard InChI is InChI=1S/C44H74N10O6/c1-7-8-31-60-43-47-40(45-38(55)19-10-9-11-21-50(4)23-14-24-51(5)22-13-20-49(2)3)39-41(48-43)54(44(57)46-39)28-16-27-53(26-15-25-52-29-32-59-33-30-52)35-36-17-12-18-37(34-36)42(56)58-6/h12,17-18,34H,7-11,13-16,19-33,35H2,1-6H3,(H,46,57)(H,45,47,48,55). The summed E-state index contributed by atoms with van der Waals surface area (Å²) >= 11 is 0. The molecule has 0 saturated carbocycles. The molecule has 1 saturated heterocycles. The van der Waals surface area contributed by atoms with Crippen molar-refractivity contribution in [3.8, 4) is 6.01 Å². The van der Waals surface area contributed by atoms with Crippen LogP contribution in [-0.4, -0.2) is 176 Å². The molecule has 1 fully saturated rings. The molecule has 3 heterocycles. The number of esters is 1. The molecule has 1 amide bonds. The number of aryl methyl sites for hydroxylation is 1. The van der Waals surface area contributed by atoms with E-state index >= 15 is 0 Å². The van der Waals surface area contributed by atoms with Crippen LogP contribution in [0.25, 0.3) is 11.2 Å². The predicted octanol–water partition coefficient (Wildman–Crippen LogP) is 4.40. The number of H-pyrrole nitrogens is 1. The lowest BCUT2D eigenvalue weighted by atomic mass is 10.1. The van der Waals surface area contributed by atoms with E-state index in [2.05, 4.69) is 79.9 Å². The topological polar surface area (TPSA) is 154 Å². The third-order valence-corrected chi connectivity index (χ3v) is 10.9. The molecule has 1 aliphatic heterocycles. The average Bonchev–Trinajstić information content (AvgIpc) is 3.55. The van der Waals surface area contributed by atoms with Gasteiger partial charge in [0.05, 0.1) is 32.5 Å². The fourth-order valence-electron chi connectivity index (χ4n) is 7.45. The number of carbonyl (C=O) groups excluding carboxylic acids is 2. The molecule has 4 rings (SSSR count). The lowest BCUT2D eigenvalue weighted by Crippen LogP contribution is -2.38. The van der Waals surface area contributed by atoms with Crippen molar-refractivity contribution in [1.29, 1.82) is 0 Å². The van der Waals surface area contributed by atoms with Crippen molar-refractivity contribution < 1.29 is 23.8 Å². The number of unbranched alkanes of at least 4 members (excludes halogenated alkanes) is 3. The monoisotopic (exact) mass is 839 g/mol. The second kappa shape index (κ2) is 27.1. The van der Waals surface area contributed by atoms with Crippen molar-refractivity contribution in [3.05, 3.63) is 45.9 Å². The van der Waals surface area contributed by atoms with Crippen LogP contribution in [0.4, 0.5) is 5.82 Å². The molecular formula is C44H74N10O6. The minimum atomic E-state index is -0.361. The quantitative estimate of drug-likeness (QED) is 0.0721. The number of aromatic amines is 1. The van der Waals surface area contributed by atoms with Crippen LogP contribution in [0.2, 0.25) is 0 Å². The number of carbonyl (C=O) groups is 2. The normalized spacial score (nSPS) is 13.6. The van der Waals surface area contributed by atoms with Crippen LogP contribution < -0.4 is 15.7 Å². The van der Waals surface area contributed by atoms with E-state index in [-0.39, 0.29) is 29.4 Å². The number of ether oxygens (including phenoxy) is 3. The van der Waals surface area contributed by atoms with E-state index in [4.69, 9.17) is 14.2 Å². The first-order valence-corrected chi connectivity index (χ1v) is 22.2. The maximum absolute atomic E-state index is 13.5. The lowest BCUT2D eigenvalue weighted by molar-refractivity contribution is -0.116. The Morgan fingerprint density at radius 1 is 0.850 bits per heavy atom. The first-order valence-electron chi connectivity index (χ1n) is 22.2. The number of rotatable bonds is 30. The van der Waals surface area contributed by atoms with Gasteiger partial charge in [0.2, 0.25) is 5.91 Å². The Balaban J connectivity index is 1.33. The number of anilines is 1. The highest BCUT2D eigenvalue weighted by Gasteiger charge is 2.19. The molecular weight excluding hydrogens is 765 g/mol. The van der Waals surface area contributed by atoms with Gasteiger partial charge < -0.3 is 39.2 Å². The summed E-state index contributed by atoms with van der Waals surface area (Å²) in [5, 5.41) is 2.96. The number of nitrogens with zero attached hydrogens (tertiary/aromatic N) is 8. The van der Waals surface area contributed by atoms with Crippen LogP contribution in [-0.2, 0) is 27.4 Å². The Hall–Kier alpha value is -3.93. The number of amides is 1. The van der Waals surface area contributed by atoms with E-state index in [9.17, 15) is 14.4 Å². The molecule has 60 heavy (non-hydrogen) atoms. The summed E-state index contributed by atoms with van der Waals surface area (Å²) in [5.74, 6) is -0.257. The molecule has 1 aromatic carbocycles. The van der Waals surface area contributed by atoms with Crippen molar-refractivity contribution in [2.24, 2.45) is 0 Å². The summed E-state index contributed by atoms with van der Waals surface area (Å²) in [7, 11) is 9.99. The van der Waals surface area contributed by atoms with Gasteiger partial charge in [-0.15, -0.1) is 0 Å². The highest BCUT2D eigenvalue weighted by molar-refractivity contribution is 5.97. The van der Waals surface area contributed by atoms with Crippen LogP contribution in [0, 0.1) is 0 Å². The van der Waals surface area contributed by atoms with Gasteiger partial charge in [-0.2, -0.15) is 9.97 Å². The van der Waals surface area contributed by atoms with Crippen molar-refractivity contribution in [1.82, 2.24) is 44.0 Å². The van der Waals surface area contributed by atoms with Crippen LogP contribution in [0.1, 0.15) is 87.1 Å². The molecule has 0 atom stereocenters. The van der Waals surface area contributed by atoms with Crippen LogP contribution in [0.15, 0.2) is 29.1 Å². The smallest absolute Gasteiger partial charge is 0.337 e. The SMILES string of the molecule is CCCCOc1nc(NC(=O)CCCCCN(C)CCCN(C)CCCN(C)C)c2[nH]c(=O)n(CCCN(CCCN3CCOCC3)Cc3cccc(C(=O)OC)c3)c2n1. The van der Waals surface area contributed by atoms with E-state index < -0.39 is 0 Å². The first kappa shape index (κ1) is 48.7. The number of fused-ring (bicyclic) bond motifs is 1. The van der Waals surface area contributed by atoms with Gasteiger partial charge in [0.25, 0.3) is 0 Å². The van der Waals surface area contributed by atoms with Gasteiger partial charge in [0.15, 0.2) is 11.5 Å². The average molecular weight is 839 g/mol. The van der Waals surface area contributed by atoms with E-state index in [1.165, 1.54) is 13.5 Å². The summed E-state index contributed by atoms with van der Waals surface area (Å²) in [6.45, 7) is 14.9. The minimum absolute atomic E-state index is 0.136. The van der Waals surface area contributed by atoms with Crippen molar-refractivity contribution in [2.45, 2.75) is 84.2 Å². The van der Waals surface area contributed by atoms with E-state index in [0.717, 1.165) is 123 Å². The van der Waals surface area contributed by atoms with Gasteiger partial charge in [-0.25, -0.2) is 9.59 Å². The van der Waals surface area contributed by atoms with Crippen LogP contribution >= 0.6 is 0 Å². The van der Waals surface area contributed by atoms with Gasteiger partial charge in [-0.3, -0.25) is 19.2 Å². The molecule has 0 aliphatic carbocycles. The number of benzene rings is 1. The highest BCUT2D eigenvalue weighted by atomic mass is 16.5. The fraction of sp³-hybridized carbons (Fsp3) is 0.705. The number of aromatic nitrogens is 4. The fourth-order valence-corrected chi connectivity index (χ4v) is 7.45. The summed E-state index contributed by atoms with van der Waals surface area (Å²) in [6.07, 6.45) is 8.83. The first-order chi connectivity index (χ1) is 29.1. The van der Waals surface area contributed by atoms with Crippen molar-refractivity contribution >= 4 is 28.9 Å². The zero-order chi connectivity index (χ0) is 43.1. The molecule has 0 radical (unpaired) electrons. The zero-order valence-electron chi connectivity index (χ0n) is 37.5. The van der Waals surface area contributed by atoms with E-state index in [0.29, 0.717) is 55.8 Å². The second-order valence-corrected chi connectivity index (χ2v) is 16.4. The van der Waals surface area contributed by atoms with Crippen LogP contribution in [0.5, 0.6) is 6.01 Å². The molecule has 16 nitrogen and oxygen atoms in total. The van der Waals surface area contributed by atoms with E-state index in [1.54, 1.807) is 10.6 Å². The Kier molecular flexibility index (Phi) is 22.0. The largest absolute Gasteiger partial charge is 0.465 e. The molecule has 0 bridgehead atoms. The molecule has 3 aromatic rings. The molecule has 0 spiro atoms. The Morgan fingerprint density at radius 3 is 2.25 bits per heavy atom. The Labute approximate surface area is 357 Å². The maximum Gasteiger partial charge on any atom is 0.337 e. The number of nitrogens with one attached hydrogen (secondary N) is 2. The third-order valence-electron chi connectivity index (χ3n) is 10.9. The number of hydrogen-bond acceptors (Lipinski definition) is 13. The van der Waals surface area contributed by atoms with Gasteiger partial charge in [0, 0.05) is 39.1 Å². The highest BCUT2D eigenvalue weighted by Crippen LogP contribution is 2.22. The van der Waals surface area contributed by atoms with Gasteiger partial charge in [0.1, 0.15) is 5.52 Å². The van der Waals surface area contributed by atoms with E-state index in [1.807, 2.05) is 18.2 Å². The summed E-state index contributed by atoms with van der Waals surface area (Å²) < 4.78 is 18.0.